The summed E-state index contributed by atoms with van der Waals surface area (Å²) in [5.74, 6) is -2.73. The van der Waals surface area contributed by atoms with E-state index in [0.717, 1.165) is 39.0 Å². The molecule has 3 unspecified atom stereocenters. The molecule has 1 aliphatic heterocycles. The molecule has 10 nitrogen and oxygen atoms in total. The van der Waals surface area contributed by atoms with E-state index in [1.807, 2.05) is 0 Å². The molecule has 0 radical (unpaired) electrons. The van der Waals surface area contributed by atoms with Gasteiger partial charge in [-0.3, -0.25) is 14.4 Å². The highest BCUT2D eigenvalue weighted by Crippen LogP contribution is 2.18. The van der Waals surface area contributed by atoms with Crippen molar-refractivity contribution < 1.29 is 48.3 Å². The molecule has 10 heteroatoms. The fourth-order valence-corrected chi connectivity index (χ4v) is 2.43. The van der Waals surface area contributed by atoms with Gasteiger partial charge in [0.25, 0.3) is 0 Å². The lowest BCUT2D eigenvalue weighted by molar-refractivity contribution is -0.168. The second kappa shape index (κ2) is 10.6. The standard InChI is InChI=1S/C18H24O10/c1-9(25-10(2)19)17(24)14(26-11(3)20)6-5-13(22)18-15(27-12(4)21)7-8-16(23)28-18/h5-9,13-15,17-18,22,24H,1-4H3/b6-5+/t9-,13?,14?,15-,17?,18-/m0/s1. The van der Waals surface area contributed by atoms with Gasteiger partial charge in [-0.1, -0.05) is 6.08 Å². The van der Waals surface area contributed by atoms with E-state index in [0.29, 0.717) is 0 Å². The summed E-state index contributed by atoms with van der Waals surface area (Å²) in [6.07, 6.45) is -2.79. The third-order valence-electron chi connectivity index (χ3n) is 3.61. The maximum atomic E-state index is 11.5. The van der Waals surface area contributed by atoms with Crippen LogP contribution in [0, 0.1) is 0 Å². The number of rotatable bonds is 8. The lowest BCUT2D eigenvalue weighted by Gasteiger charge is -2.29. The zero-order valence-electron chi connectivity index (χ0n) is 15.9. The SMILES string of the molecule is CC(=O)OC(/C=C/C(O)[C@@H]1OC(=O)C=C[C@@H]1OC(C)=O)C(O)[C@H](C)OC(C)=O. The van der Waals surface area contributed by atoms with E-state index >= 15 is 0 Å². The Morgan fingerprint density at radius 3 is 2.21 bits per heavy atom. The third kappa shape index (κ3) is 7.49. The van der Waals surface area contributed by atoms with Crippen molar-refractivity contribution in [2.24, 2.45) is 0 Å². The molecule has 0 fully saturated rings. The quantitative estimate of drug-likeness (QED) is 0.312. The third-order valence-corrected chi connectivity index (χ3v) is 3.61. The van der Waals surface area contributed by atoms with Gasteiger partial charge in [-0.2, -0.15) is 0 Å². The molecule has 0 spiro atoms. The smallest absolute Gasteiger partial charge is 0.331 e. The molecule has 1 aliphatic rings. The Morgan fingerprint density at radius 2 is 1.68 bits per heavy atom. The van der Waals surface area contributed by atoms with Crippen LogP contribution in [0.5, 0.6) is 0 Å². The van der Waals surface area contributed by atoms with Crippen molar-refractivity contribution >= 4 is 23.9 Å². The number of esters is 4. The van der Waals surface area contributed by atoms with Gasteiger partial charge in [0.05, 0.1) is 0 Å². The van der Waals surface area contributed by atoms with Gasteiger partial charge in [0, 0.05) is 26.8 Å². The van der Waals surface area contributed by atoms with E-state index in [1.54, 1.807) is 0 Å². The van der Waals surface area contributed by atoms with Crippen molar-refractivity contribution in [3.63, 3.8) is 0 Å². The predicted molar refractivity (Wildman–Crippen MR) is 92.5 cm³/mol. The van der Waals surface area contributed by atoms with E-state index < -0.39 is 60.5 Å². The fraction of sp³-hybridized carbons (Fsp3) is 0.556. The maximum absolute atomic E-state index is 11.5. The second-order valence-corrected chi connectivity index (χ2v) is 6.09. The number of carbonyl (C=O) groups excluding carboxylic acids is 4. The zero-order chi connectivity index (χ0) is 21.4. The van der Waals surface area contributed by atoms with Crippen molar-refractivity contribution in [1.82, 2.24) is 0 Å². The summed E-state index contributed by atoms with van der Waals surface area (Å²) in [7, 11) is 0. The van der Waals surface area contributed by atoms with E-state index in [-0.39, 0.29) is 0 Å². The second-order valence-electron chi connectivity index (χ2n) is 6.09. The van der Waals surface area contributed by atoms with Gasteiger partial charge in [-0.05, 0) is 19.1 Å². The number of hydrogen-bond acceptors (Lipinski definition) is 10. The molecule has 0 bridgehead atoms. The van der Waals surface area contributed by atoms with Crippen LogP contribution < -0.4 is 0 Å². The first kappa shape index (κ1) is 23.3. The van der Waals surface area contributed by atoms with E-state index in [1.165, 1.54) is 13.0 Å². The Morgan fingerprint density at radius 1 is 1.07 bits per heavy atom. The molecular weight excluding hydrogens is 376 g/mol. The van der Waals surface area contributed by atoms with Crippen LogP contribution in [-0.4, -0.2) is 70.7 Å². The van der Waals surface area contributed by atoms with Crippen molar-refractivity contribution in [3.8, 4) is 0 Å². The molecule has 6 atom stereocenters. The molecule has 0 saturated heterocycles. The van der Waals surface area contributed by atoms with E-state index in [9.17, 15) is 29.4 Å². The number of hydrogen-bond donors (Lipinski definition) is 2. The van der Waals surface area contributed by atoms with Gasteiger partial charge in [0.1, 0.15) is 24.4 Å². The largest absolute Gasteiger partial charge is 0.460 e. The van der Waals surface area contributed by atoms with Crippen molar-refractivity contribution in [2.45, 2.75) is 64.3 Å². The highest BCUT2D eigenvalue weighted by atomic mass is 16.6. The van der Waals surface area contributed by atoms with Crippen LogP contribution in [-0.2, 0) is 38.1 Å². The Labute approximate surface area is 161 Å². The first-order chi connectivity index (χ1) is 13.0. The highest BCUT2D eigenvalue weighted by molar-refractivity contribution is 5.83. The first-order valence-corrected chi connectivity index (χ1v) is 8.46. The average Bonchev–Trinajstić information content (AvgIpc) is 2.57. The van der Waals surface area contributed by atoms with Crippen LogP contribution in [0.1, 0.15) is 27.7 Å². The number of aliphatic hydroxyl groups is 2. The van der Waals surface area contributed by atoms with Crippen LogP contribution in [0.15, 0.2) is 24.3 Å². The van der Waals surface area contributed by atoms with Crippen LogP contribution in [0.25, 0.3) is 0 Å². The lowest BCUT2D eigenvalue weighted by Crippen LogP contribution is -2.44. The van der Waals surface area contributed by atoms with Crippen LogP contribution in [0.3, 0.4) is 0 Å². The minimum absolute atomic E-state index is 0.637. The van der Waals surface area contributed by atoms with Gasteiger partial charge >= 0.3 is 23.9 Å². The van der Waals surface area contributed by atoms with Crippen LogP contribution in [0.2, 0.25) is 0 Å². The Hall–Kier alpha value is -2.72. The summed E-state index contributed by atoms with van der Waals surface area (Å²) in [4.78, 5) is 45.0. The van der Waals surface area contributed by atoms with Gasteiger partial charge in [0.15, 0.2) is 12.2 Å². The monoisotopic (exact) mass is 400 g/mol. The number of aliphatic hydroxyl groups excluding tert-OH is 2. The molecule has 1 heterocycles. The molecule has 0 aromatic rings. The summed E-state index contributed by atoms with van der Waals surface area (Å²) in [6, 6.07) is 0. The van der Waals surface area contributed by atoms with E-state index in [4.69, 9.17) is 18.9 Å². The number of carbonyl (C=O) groups is 4. The molecule has 156 valence electrons. The van der Waals surface area contributed by atoms with Crippen LogP contribution >= 0.6 is 0 Å². The van der Waals surface area contributed by atoms with Gasteiger partial charge in [-0.15, -0.1) is 0 Å². The normalized spacial score (nSPS) is 23.3. The van der Waals surface area contributed by atoms with Crippen molar-refractivity contribution in [3.05, 3.63) is 24.3 Å². The van der Waals surface area contributed by atoms with Gasteiger partial charge < -0.3 is 29.2 Å². The summed E-state index contributed by atoms with van der Waals surface area (Å²) in [6.45, 7) is 4.83. The molecule has 0 amide bonds. The summed E-state index contributed by atoms with van der Waals surface area (Å²) >= 11 is 0. The maximum Gasteiger partial charge on any atom is 0.331 e. The highest BCUT2D eigenvalue weighted by Gasteiger charge is 2.35. The predicted octanol–water partition coefficient (Wildman–Crippen LogP) is -0.439. The number of ether oxygens (including phenoxy) is 4. The lowest BCUT2D eigenvalue weighted by atomic mass is 10.0. The summed E-state index contributed by atoms with van der Waals surface area (Å²) in [5, 5.41) is 20.6. The van der Waals surface area contributed by atoms with Gasteiger partial charge in [0.2, 0.25) is 0 Å². The minimum atomic E-state index is -1.45. The fourth-order valence-electron chi connectivity index (χ4n) is 2.43. The molecule has 28 heavy (non-hydrogen) atoms. The topological polar surface area (TPSA) is 146 Å². The molecule has 0 saturated carbocycles. The molecular formula is C18H24O10. The zero-order valence-corrected chi connectivity index (χ0v) is 15.9. The number of cyclic esters (lactones) is 1. The molecule has 0 aliphatic carbocycles. The molecule has 1 rings (SSSR count). The Bertz CT molecular complexity index is 653. The van der Waals surface area contributed by atoms with Crippen LogP contribution in [0.4, 0.5) is 0 Å². The molecule has 0 aromatic heterocycles. The van der Waals surface area contributed by atoms with E-state index in [2.05, 4.69) is 0 Å². The molecule has 0 aromatic carbocycles. The summed E-state index contributed by atoms with van der Waals surface area (Å²) < 4.78 is 19.8. The Balaban J connectivity index is 2.94. The van der Waals surface area contributed by atoms with Crippen molar-refractivity contribution in [2.75, 3.05) is 0 Å². The Kier molecular flexibility index (Phi) is 8.80. The molecule has 2 N–H and O–H groups in total. The average molecular weight is 400 g/mol. The summed E-state index contributed by atoms with van der Waals surface area (Å²) in [5.41, 5.74) is 0. The minimum Gasteiger partial charge on any atom is -0.460 e. The van der Waals surface area contributed by atoms with Gasteiger partial charge in [-0.25, -0.2) is 4.79 Å². The first-order valence-electron chi connectivity index (χ1n) is 8.46. The van der Waals surface area contributed by atoms with Crippen molar-refractivity contribution in [1.29, 1.82) is 0 Å².